The lowest BCUT2D eigenvalue weighted by molar-refractivity contribution is 0.568. The van der Waals surface area contributed by atoms with E-state index in [-0.39, 0.29) is 5.41 Å². The summed E-state index contributed by atoms with van der Waals surface area (Å²) in [5, 5.41) is 10.4. The molecule has 1 heterocycles. The lowest BCUT2D eigenvalue weighted by Gasteiger charge is -2.17. The third-order valence-corrected chi connectivity index (χ3v) is 4.08. The normalized spacial score (nSPS) is 11.3. The SMILES string of the molecule is CC(C)(C)c1nc(N)sc1Cc1cc(Cl)ccc1C#N. The van der Waals surface area contributed by atoms with Crippen molar-refractivity contribution in [2.45, 2.75) is 32.6 Å². The van der Waals surface area contributed by atoms with Gasteiger partial charge in [-0.15, -0.1) is 11.3 Å². The van der Waals surface area contributed by atoms with Gasteiger partial charge < -0.3 is 5.73 Å². The molecule has 0 unspecified atom stereocenters. The predicted octanol–water partition coefficient (Wildman–Crippen LogP) is 4.14. The molecule has 0 aliphatic heterocycles. The van der Waals surface area contributed by atoms with Gasteiger partial charge in [0, 0.05) is 21.7 Å². The highest BCUT2D eigenvalue weighted by Gasteiger charge is 2.23. The van der Waals surface area contributed by atoms with Crippen LogP contribution in [0, 0.1) is 11.3 Å². The van der Waals surface area contributed by atoms with Gasteiger partial charge in [0.05, 0.1) is 17.3 Å². The number of rotatable bonds is 2. The molecule has 0 fully saturated rings. The molecule has 1 aromatic heterocycles. The zero-order chi connectivity index (χ0) is 14.9. The number of nitrogens with two attached hydrogens (primary N) is 1. The summed E-state index contributed by atoms with van der Waals surface area (Å²) in [5.74, 6) is 0. The summed E-state index contributed by atoms with van der Waals surface area (Å²) in [6, 6.07) is 7.52. The standard InChI is InChI=1S/C15H16ClN3S/c1-15(2,3)13-12(20-14(18)19-13)7-10-6-11(16)5-4-9(10)8-17/h4-6H,7H2,1-3H3,(H2,18,19). The van der Waals surface area contributed by atoms with Gasteiger partial charge >= 0.3 is 0 Å². The average Bonchev–Trinajstić information content (AvgIpc) is 2.70. The molecule has 0 saturated heterocycles. The number of benzene rings is 1. The zero-order valence-electron chi connectivity index (χ0n) is 11.7. The minimum atomic E-state index is -0.0746. The molecular formula is C15H16ClN3S. The van der Waals surface area contributed by atoms with E-state index in [1.165, 1.54) is 11.3 Å². The molecule has 0 aliphatic rings. The van der Waals surface area contributed by atoms with E-state index in [1.54, 1.807) is 12.1 Å². The molecule has 0 aliphatic carbocycles. The third-order valence-electron chi connectivity index (χ3n) is 2.96. The predicted molar refractivity (Wildman–Crippen MR) is 84.2 cm³/mol. The van der Waals surface area contributed by atoms with Crippen LogP contribution in [0.25, 0.3) is 0 Å². The topological polar surface area (TPSA) is 62.7 Å². The van der Waals surface area contributed by atoms with E-state index in [9.17, 15) is 5.26 Å². The Morgan fingerprint density at radius 2 is 2.10 bits per heavy atom. The fourth-order valence-electron chi connectivity index (χ4n) is 2.07. The molecule has 1 aromatic carbocycles. The van der Waals surface area contributed by atoms with Crippen LogP contribution in [0.5, 0.6) is 0 Å². The summed E-state index contributed by atoms with van der Waals surface area (Å²) in [6.45, 7) is 6.32. The van der Waals surface area contributed by atoms with Crippen LogP contribution >= 0.6 is 22.9 Å². The maximum atomic E-state index is 9.19. The number of anilines is 1. The van der Waals surface area contributed by atoms with Crippen LogP contribution in [-0.4, -0.2) is 4.98 Å². The van der Waals surface area contributed by atoms with Crippen molar-refractivity contribution in [1.29, 1.82) is 5.26 Å². The number of nitrogen functional groups attached to an aromatic ring is 1. The number of hydrogen-bond donors (Lipinski definition) is 1. The molecule has 0 amide bonds. The van der Waals surface area contributed by atoms with Gasteiger partial charge in [0.15, 0.2) is 5.13 Å². The molecule has 0 atom stereocenters. The Labute approximate surface area is 128 Å². The third kappa shape index (κ3) is 3.12. The highest BCUT2D eigenvalue weighted by molar-refractivity contribution is 7.15. The summed E-state index contributed by atoms with van der Waals surface area (Å²) in [5.41, 5.74) is 8.31. The molecule has 3 nitrogen and oxygen atoms in total. The second kappa shape index (κ2) is 5.43. The number of aromatic nitrogens is 1. The van der Waals surface area contributed by atoms with Gasteiger partial charge in [-0.2, -0.15) is 5.26 Å². The van der Waals surface area contributed by atoms with Crippen LogP contribution in [0.2, 0.25) is 5.02 Å². The van der Waals surface area contributed by atoms with Crippen LogP contribution in [0.3, 0.4) is 0 Å². The number of nitriles is 1. The van der Waals surface area contributed by atoms with Crippen molar-refractivity contribution in [3.63, 3.8) is 0 Å². The van der Waals surface area contributed by atoms with E-state index in [0.717, 1.165) is 16.1 Å². The minimum absolute atomic E-state index is 0.0746. The lowest BCUT2D eigenvalue weighted by Crippen LogP contribution is -2.14. The summed E-state index contributed by atoms with van der Waals surface area (Å²) in [7, 11) is 0. The van der Waals surface area contributed by atoms with Crippen molar-refractivity contribution < 1.29 is 0 Å². The van der Waals surface area contributed by atoms with Gasteiger partial charge in [0.25, 0.3) is 0 Å². The van der Waals surface area contributed by atoms with Crippen LogP contribution in [0.15, 0.2) is 18.2 Å². The Morgan fingerprint density at radius 1 is 1.40 bits per heavy atom. The highest BCUT2D eigenvalue weighted by atomic mass is 35.5. The number of halogens is 1. The first-order valence-corrected chi connectivity index (χ1v) is 7.45. The van der Waals surface area contributed by atoms with E-state index >= 15 is 0 Å². The van der Waals surface area contributed by atoms with Gasteiger partial charge in [0.2, 0.25) is 0 Å². The van der Waals surface area contributed by atoms with Crippen molar-refractivity contribution in [3.8, 4) is 6.07 Å². The first-order chi connectivity index (χ1) is 9.31. The molecule has 20 heavy (non-hydrogen) atoms. The molecule has 0 saturated carbocycles. The summed E-state index contributed by atoms with van der Waals surface area (Å²) in [6.07, 6.45) is 0.630. The molecule has 2 aromatic rings. The van der Waals surface area contributed by atoms with Gasteiger partial charge in [-0.05, 0) is 23.8 Å². The van der Waals surface area contributed by atoms with Crippen LogP contribution < -0.4 is 5.73 Å². The average molecular weight is 306 g/mol. The van der Waals surface area contributed by atoms with Gasteiger partial charge in [0.1, 0.15) is 0 Å². The van der Waals surface area contributed by atoms with E-state index < -0.39 is 0 Å². The molecule has 2 rings (SSSR count). The molecular weight excluding hydrogens is 290 g/mol. The number of hydrogen-bond acceptors (Lipinski definition) is 4. The minimum Gasteiger partial charge on any atom is -0.375 e. The van der Waals surface area contributed by atoms with E-state index in [1.807, 2.05) is 6.07 Å². The molecule has 0 radical (unpaired) electrons. The second-order valence-electron chi connectivity index (χ2n) is 5.66. The van der Waals surface area contributed by atoms with Crippen molar-refractivity contribution in [3.05, 3.63) is 44.9 Å². The fraction of sp³-hybridized carbons (Fsp3) is 0.333. The van der Waals surface area contributed by atoms with Crippen molar-refractivity contribution in [2.75, 3.05) is 5.73 Å². The van der Waals surface area contributed by atoms with Crippen LogP contribution in [0.1, 0.15) is 42.5 Å². The number of thiazole rings is 1. The van der Waals surface area contributed by atoms with E-state index in [0.29, 0.717) is 22.1 Å². The Bertz CT molecular complexity index is 677. The Balaban J connectivity index is 2.46. The van der Waals surface area contributed by atoms with E-state index in [4.69, 9.17) is 17.3 Å². The Morgan fingerprint density at radius 3 is 2.70 bits per heavy atom. The number of nitrogens with zero attached hydrogens (tertiary/aromatic N) is 2. The van der Waals surface area contributed by atoms with Gasteiger partial charge in [-0.3, -0.25) is 0 Å². The monoisotopic (exact) mass is 305 g/mol. The van der Waals surface area contributed by atoms with E-state index in [2.05, 4.69) is 31.8 Å². The molecule has 104 valence electrons. The van der Waals surface area contributed by atoms with Gasteiger partial charge in [-0.1, -0.05) is 32.4 Å². The largest absolute Gasteiger partial charge is 0.375 e. The molecule has 0 spiro atoms. The zero-order valence-corrected chi connectivity index (χ0v) is 13.3. The van der Waals surface area contributed by atoms with Gasteiger partial charge in [-0.25, -0.2) is 4.98 Å². The first kappa shape index (κ1) is 14.8. The summed E-state index contributed by atoms with van der Waals surface area (Å²) in [4.78, 5) is 5.53. The van der Waals surface area contributed by atoms with Crippen molar-refractivity contribution in [2.24, 2.45) is 0 Å². The van der Waals surface area contributed by atoms with Crippen molar-refractivity contribution in [1.82, 2.24) is 4.98 Å². The highest BCUT2D eigenvalue weighted by Crippen LogP contribution is 2.33. The fourth-order valence-corrected chi connectivity index (χ4v) is 3.33. The molecule has 0 bridgehead atoms. The Hall–Kier alpha value is -1.57. The van der Waals surface area contributed by atoms with Crippen molar-refractivity contribution >= 4 is 28.1 Å². The molecule has 2 N–H and O–H groups in total. The molecule has 5 heteroatoms. The maximum Gasteiger partial charge on any atom is 0.180 e. The Kier molecular flexibility index (Phi) is 4.03. The second-order valence-corrected chi connectivity index (χ2v) is 7.22. The van der Waals surface area contributed by atoms with Crippen LogP contribution in [0.4, 0.5) is 5.13 Å². The summed E-state index contributed by atoms with van der Waals surface area (Å²) >= 11 is 7.50. The van der Waals surface area contributed by atoms with Crippen LogP contribution in [-0.2, 0) is 11.8 Å². The first-order valence-electron chi connectivity index (χ1n) is 6.25. The smallest absolute Gasteiger partial charge is 0.180 e. The maximum absolute atomic E-state index is 9.19. The summed E-state index contributed by atoms with van der Waals surface area (Å²) < 4.78 is 0. The lowest BCUT2D eigenvalue weighted by atomic mass is 9.89. The quantitative estimate of drug-likeness (QED) is 0.907.